The summed E-state index contributed by atoms with van der Waals surface area (Å²) in [5.74, 6) is 1.42. The molecule has 118 valence electrons. The molecule has 3 rings (SSSR count). The van der Waals surface area contributed by atoms with Gasteiger partial charge in [0.2, 0.25) is 0 Å². The Balaban J connectivity index is 1.80. The smallest absolute Gasteiger partial charge is 0.158 e. The van der Waals surface area contributed by atoms with Crippen LogP contribution >= 0.6 is 0 Å². The normalized spacial score (nSPS) is 16.4. The molecule has 5 nitrogen and oxygen atoms in total. The van der Waals surface area contributed by atoms with Crippen molar-refractivity contribution in [2.24, 2.45) is 5.16 Å². The van der Waals surface area contributed by atoms with Crippen LogP contribution in [0.4, 0.5) is 0 Å². The number of benzene rings is 2. The van der Waals surface area contributed by atoms with Crippen molar-refractivity contribution in [1.82, 2.24) is 0 Å². The van der Waals surface area contributed by atoms with E-state index in [1.165, 1.54) is 0 Å². The van der Waals surface area contributed by atoms with Gasteiger partial charge in [0.05, 0.1) is 19.9 Å². The highest BCUT2D eigenvalue weighted by molar-refractivity contribution is 6.04. The summed E-state index contributed by atoms with van der Waals surface area (Å²) in [7, 11) is 3.21. The van der Waals surface area contributed by atoms with Gasteiger partial charge < -0.3 is 14.3 Å². The lowest BCUT2D eigenvalue weighted by molar-refractivity contribution is 0.0857. The van der Waals surface area contributed by atoms with E-state index >= 15 is 0 Å². The van der Waals surface area contributed by atoms with Crippen LogP contribution in [0.15, 0.2) is 47.6 Å². The highest BCUT2D eigenvalue weighted by Gasteiger charge is 2.25. The number of methoxy groups -OCH3 is 2. The minimum Gasteiger partial charge on any atom is -0.497 e. The van der Waals surface area contributed by atoms with Gasteiger partial charge in [-0.05, 0) is 29.8 Å². The molecule has 0 amide bonds. The number of rotatable bonds is 5. The molecule has 1 aliphatic rings. The molecule has 1 heterocycles. The second-order valence-corrected chi connectivity index (χ2v) is 5.19. The maximum atomic E-state index is 10.9. The lowest BCUT2D eigenvalue weighted by atomic mass is 9.99. The number of carbonyl (C=O) groups excluding carboxylic acids is 1. The van der Waals surface area contributed by atoms with Crippen LogP contribution in [-0.4, -0.2) is 26.2 Å². The minimum atomic E-state index is -0.133. The van der Waals surface area contributed by atoms with Crippen LogP contribution in [0.2, 0.25) is 0 Å². The highest BCUT2D eigenvalue weighted by atomic mass is 16.6. The van der Waals surface area contributed by atoms with Gasteiger partial charge in [-0.15, -0.1) is 0 Å². The van der Waals surface area contributed by atoms with Crippen LogP contribution in [0.5, 0.6) is 11.5 Å². The van der Waals surface area contributed by atoms with E-state index in [1.807, 2.05) is 30.3 Å². The van der Waals surface area contributed by atoms with Gasteiger partial charge in [-0.1, -0.05) is 23.4 Å². The van der Waals surface area contributed by atoms with E-state index in [-0.39, 0.29) is 6.10 Å². The molecule has 0 fully saturated rings. The van der Waals surface area contributed by atoms with Crippen molar-refractivity contribution in [3.63, 3.8) is 0 Å². The Bertz CT molecular complexity index is 737. The summed E-state index contributed by atoms with van der Waals surface area (Å²) in [5, 5.41) is 4.19. The van der Waals surface area contributed by atoms with Crippen molar-refractivity contribution >= 4 is 12.0 Å². The van der Waals surface area contributed by atoms with Crippen molar-refractivity contribution in [2.45, 2.75) is 12.5 Å². The zero-order valence-corrected chi connectivity index (χ0v) is 13.0. The Hall–Kier alpha value is -2.82. The van der Waals surface area contributed by atoms with Crippen molar-refractivity contribution in [2.75, 3.05) is 14.2 Å². The number of ether oxygens (including phenoxy) is 2. The fraction of sp³-hybridized carbons (Fsp3) is 0.222. The highest BCUT2D eigenvalue weighted by Crippen LogP contribution is 2.33. The largest absolute Gasteiger partial charge is 0.497 e. The van der Waals surface area contributed by atoms with Crippen molar-refractivity contribution < 1.29 is 19.1 Å². The first-order valence-electron chi connectivity index (χ1n) is 7.25. The van der Waals surface area contributed by atoms with Gasteiger partial charge >= 0.3 is 0 Å². The monoisotopic (exact) mass is 311 g/mol. The van der Waals surface area contributed by atoms with Crippen molar-refractivity contribution in [3.8, 4) is 11.5 Å². The summed E-state index contributed by atoms with van der Waals surface area (Å²) in [6.45, 7) is 0. The lowest BCUT2D eigenvalue weighted by Crippen LogP contribution is -2.04. The number of hydrogen-bond donors (Lipinski definition) is 0. The standard InChI is InChI=1S/C18H17NO4/c1-21-14-6-4-13(5-7-14)17-10-16(19-23-17)15-8-3-12(11-20)9-18(15)22-2/h3-9,11,17H,10H2,1-2H3. The third kappa shape index (κ3) is 3.04. The van der Waals surface area contributed by atoms with E-state index in [0.29, 0.717) is 17.7 Å². The molecule has 1 unspecified atom stereocenters. The molecule has 0 radical (unpaired) electrons. The van der Waals surface area contributed by atoms with Crippen LogP contribution in [0, 0.1) is 0 Å². The number of carbonyl (C=O) groups is 1. The van der Waals surface area contributed by atoms with E-state index in [9.17, 15) is 4.79 Å². The number of aldehydes is 1. The Morgan fingerprint density at radius 3 is 2.57 bits per heavy atom. The van der Waals surface area contributed by atoms with E-state index in [4.69, 9.17) is 14.3 Å². The molecular weight excluding hydrogens is 294 g/mol. The molecule has 23 heavy (non-hydrogen) atoms. The Morgan fingerprint density at radius 2 is 1.91 bits per heavy atom. The lowest BCUT2D eigenvalue weighted by Gasteiger charge is -2.10. The molecule has 0 saturated heterocycles. The molecule has 0 aliphatic carbocycles. The summed E-state index contributed by atoms with van der Waals surface area (Å²) in [6.07, 6.45) is 1.30. The van der Waals surface area contributed by atoms with Crippen LogP contribution in [0.3, 0.4) is 0 Å². The number of oxime groups is 1. The maximum absolute atomic E-state index is 10.9. The fourth-order valence-electron chi connectivity index (χ4n) is 2.55. The SMILES string of the molecule is COc1ccc(C2CC(c3ccc(C=O)cc3OC)=NO2)cc1. The predicted molar refractivity (Wildman–Crippen MR) is 86.4 cm³/mol. The Kier molecular flexibility index (Phi) is 4.28. The van der Waals surface area contributed by atoms with Crippen LogP contribution in [0.25, 0.3) is 0 Å². The van der Waals surface area contributed by atoms with Gasteiger partial charge in [-0.25, -0.2) is 0 Å². The summed E-state index contributed by atoms with van der Waals surface area (Å²) in [4.78, 5) is 16.4. The van der Waals surface area contributed by atoms with Crippen LogP contribution < -0.4 is 9.47 Å². The van der Waals surface area contributed by atoms with Crippen LogP contribution in [-0.2, 0) is 4.84 Å². The molecule has 5 heteroatoms. The average molecular weight is 311 g/mol. The quantitative estimate of drug-likeness (QED) is 0.794. The van der Waals surface area contributed by atoms with Gasteiger partial charge in [0.25, 0.3) is 0 Å². The zero-order chi connectivity index (χ0) is 16.2. The first-order chi connectivity index (χ1) is 11.2. The van der Waals surface area contributed by atoms with Crippen molar-refractivity contribution in [3.05, 3.63) is 59.2 Å². The summed E-state index contributed by atoms with van der Waals surface area (Å²) >= 11 is 0. The molecule has 2 aromatic carbocycles. The van der Waals surface area contributed by atoms with Crippen LogP contribution in [0.1, 0.15) is 34.0 Å². The third-order valence-electron chi connectivity index (χ3n) is 3.83. The second-order valence-electron chi connectivity index (χ2n) is 5.19. The Morgan fingerprint density at radius 1 is 1.13 bits per heavy atom. The molecule has 1 aliphatic heterocycles. The van der Waals surface area contributed by atoms with Gasteiger partial charge in [-0.2, -0.15) is 0 Å². The zero-order valence-electron chi connectivity index (χ0n) is 13.0. The number of hydrogen-bond acceptors (Lipinski definition) is 5. The van der Waals surface area contributed by atoms with Gasteiger partial charge in [0.15, 0.2) is 6.10 Å². The first kappa shape index (κ1) is 15.1. The predicted octanol–water partition coefficient (Wildman–Crippen LogP) is 3.38. The molecule has 1 atom stereocenters. The average Bonchev–Trinajstić information content (AvgIpc) is 3.11. The minimum absolute atomic E-state index is 0.133. The number of nitrogens with zero attached hydrogens (tertiary/aromatic N) is 1. The topological polar surface area (TPSA) is 57.1 Å². The van der Waals surface area contributed by atoms with E-state index in [1.54, 1.807) is 26.4 Å². The second kappa shape index (κ2) is 6.52. The maximum Gasteiger partial charge on any atom is 0.158 e. The Labute approximate surface area is 134 Å². The van der Waals surface area contributed by atoms with Crippen molar-refractivity contribution in [1.29, 1.82) is 0 Å². The molecule has 0 aromatic heterocycles. The van der Waals surface area contributed by atoms with Gasteiger partial charge in [0.1, 0.15) is 17.8 Å². The summed E-state index contributed by atoms with van der Waals surface area (Å²) < 4.78 is 10.5. The fourth-order valence-corrected chi connectivity index (χ4v) is 2.55. The molecular formula is C18H17NO4. The molecule has 0 bridgehead atoms. The van der Waals surface area contributed by atoms with Gasteiger partial charge in [0, 0.05) is 17.5 Å². The third-order valence-corrected chi connectivity index (χ3v) is 3.83. The molecule has 0 N–H and O–H groups in total. The molecule has 2 aromatic rings. The van der Waals surface area contributed by atoms with Gasteiger partial charge in [-0.3, -0.25) is 4.79 Å². The summed E-state index contributed by atoms with van der Waals surface area (Å²) in [5.41, 5.74) is 3.25. The molecule has 0 saturated carbocycles. The summed E-state index contributed by atoms with van der Waals surface area (Å²) in [6, 6.07) is 13.0. The molecule has 0 spiro atoms. The van der Waals surface area contributed by atoms with E-state index in [0.717, 1.165) is 28.9 Å². The van der Waals surface area contributed by atoms with E-state index < -0.39 is 0 Å². The first-order valence-corrected chi connectivity index (χ1v) is 7.25. The van der Waals surface area contributed by atoms with E-state index in [2.05, 4.69) is 5.16 Å².